The first kappa shape index (κ1) is 15.9. The van der Waals surface area contributed by atoms with Crippen LogP contribution < -0.4 is 16.4 Å². The fourth-order valence-corrected chi connectivity index (χ4v) is 1.90. The number of ether oxygens (including phenoxy) is 1. The third-order valence-electron chi connectivity index (χ3n) is 3.10. The Hall–Kier alpha value is -1.14. The highest BCUT2D eigenvalue weighted by molar-refractivity contribution is 5.89. The quantitative estimate of drug-likeness (QED) is 0.622. The van der Waals surface area contributed by atoms with E-state index in [1.54, 1.807) is 6.92 Å². The Balaban J connectivity index is 2.33. The highest BCUT2D eigenvalue weighted by Crippen LogP contribution is 2.18. The molecule has 3 atom stereocenters. The molecule has 1 aliphatic rings. The number of hydrogen-bond donors (Lipinski definition) is 3. The number of nitrogens with one attached hydrogen (secondary N) is 2. The molecular weight excluding hydrogens is 246 g/mol. The van der Waals surface area contributed by atoms with Gasteiger partial charge in [0.15, 0.2) is 0 Å². The van der Waals surface area contributed by atoms with Gasteiger partial charge in [0.1, 0.15) is 12.1 Å². The standard InChI is InChI=1S/C13H25N3O3/c1-8(2)7-15-12(17)9(3)16-13(18)11-5-4-10(6-14)19-11/h8-11H,4-7,14H2,1-3H3,(H,15,17)(H,16,18). The van der Waals surface area contributed by atoms with E-state index >= 15 is 0 Å². The van der Waals surface area contributed by atoms with E-state index in [2.05, 4.69) is 10.6 Å². The van der Waals surface area contributed by atoms with Crippen molar-refractivity contribution in [3.8, 4) is 0 Å². The number of carbonyl (C=O) groups excluding carboxylic acids is 2. The number of hydrogen-bond acceptors (Lipinski definition) is 4. The van der Waals surface area contributed by atoms with Crippen molar-refractivity contribution in [1.82, 2.24) is 10.6 Å². The summed E-state index contributed by atoms with van der Waals surface area (Å²) in [5.74, 6) is -0.0195. The molecule has 1 fully saturated rings. The third kappa shape index (κ3) is 5.16. The van der Waals surface area contributed by atoms with Crippen LogP contribution >= 0.6 is 0 Å². The number of rotatable bonds is 6. The van der Waals surface area contributed by atoms with Crippen molar-refractivity contribution in [2.75, 3.05) is 13.1 Å². The van der Waals surface area contributed by atoms with Crippen molar-refractivity contribution in [2.45, 2.75) is 51.9 Å². The Morgan fingerprint density at radius 1 is 1.32 bits per heavy atom. The van der Waals surface area contributed by atoms with Gasteiger partial charge < -0.3 is 21.1 Å². The van der Waals surface area contributed by atoms with E-state index in [1.807, 2.05) is 13.8 Å². The zero-order valence-electron chi connectivity index (χ0n) is 11.9. The molecule has 2 amide bonds. The Morgan fingerprint density at radius 2 is 2.00 bits per heavy atom. The van der Waals surface area contributed by atoms with Crippen molar-refractivity contribution >= 4 is 11.8 Å². The van der Waals surface area contributed by atoms with Gasteiger partial charge in [0, 0.05) is 13.1 Å². The monoisotopic (exact) mass is 271 g/mol. The van der Waals surface area contributed by atoms with Gasteiger partial charge in [-0.05, 0) is 25.7 Å². The van der Waals surface area contributed by atoms with E-state index in [-0.39, 0.29) is 17.9 Å². The molecule has 6 nitrogen and oxygen atoms in total. The molecule has 4 N–H and O–H groups in total. The van der Waals surface area contributed by atoms with E-state index in [9.17, 15) is 9.59 Å². The topological polar surface area (TPSA) is 93.5 Å². The SMILES string of the molecule is CC(C)CNC(=O)C(C)NC(=O)C1CCC(CN)O1. The van der Waals surface area contributed by atoms with Crippen LogP contribution in [0.25, 0.3) is 0 Å². The van der Waals surface area contributed by atoms with Gasteiger partial charge in [-0.1, -0.05) is 13.8 Å². The number of amides is 2. The lowest BCUT2D eigenvalue weighted by molar-refractivity contribution is -0.135. The van der Waals surface area contributed by atoms with E-state index in [1.165, 1.54) is 0 Å². The highest BCUT2D eigenvalue weighted by atomic mass is 16.5. The minimum absolute atomic E-state index is 0.0409. The lowest BCUT2D eigenvalue weighted by Crippen LogP contribution is -2.48. The van der Waals surface area contributed by atoms with Gasteiger partial charge in [0.05, 0.1) is 6.10 Å². The molecule has 1 heterocycles. The summed E-state index contributed by atoms with van der Waals surface area (Å²) >= 11 is 0. The van der Waals surface area contributed by atoms with Crippen molar-refractivity contribution in [3.05, 3.63) is 0 Å². The molecule has 3 unspecified atom stereocenters. The van der Waals surface area contributed by atoms with Crippen LogP contribution in [0, 0.1) is 5.92 Å². The smallest absolute Gasteiger partial charge is 0.249 e. The summed E-state index contributed by atoms with van der Waals surface area (Å²) in [7, 11) is 0. The summed E-state index contributed by atoms with van der Waals surface area (Å²) in [5.41, 5.74) is 5.49. The highest BCUT2D eigenvalue weighted by Gasteiger charge is 2.31. The largest absolute Gasteiger partial charge is 0.364 e. The van der Waals surface area contributed by atoms with Crippen molar-refractivity contribution in [1.29, 1.82) is 0 Å². The zero-order valence-corrected chi connectivity index (χ0v) is 11.9. The minimum atomic E-state index is -0.549. The van der Waals surface area contributed by atoms with Gasteiger partial charge in [0.2, 0.25) is 11.8 Å². The van der Waals surface area contributed by atoms with Crippen LogP contribution in [0.2, 0.25) is 0 Å². The van der Waals surface area contributed by atoms with Gasteiger partial charge in [-0.2, -0.15) is 0 Å². The molecule has 0 saturated carbocycles. The summed E-state index contributed by atoms with van der Waals surface area (Å²) in [6.45, 7) is 6.73. The van der Waals surface area contributed by atoms with Gasteiger partial charge >= 0.3 is 0 Å². The predicted molar refractivity (Wildman–Crippen MR) is 72.4 cm³/mol. The summed E-state index contributed by atoms with van der Waals surface area (Å²) in [6, 6.07) is -0.549. The molecule has 1 saturated heterocycles. The maximum atomic E-state index is 11.9. The Morgan fingerprint density at radius 3 is 2.53 bits per heavy atom. The Bertz CT molecular complexity index is 320. The average Bonchev–Trinajstić information content (AvgIpc) is 2.84. The van der Waals surface area contributed by atoms with Crippen LogP contribution in [-0.2, 0) is 14.3 Å². The van der Waals surface area contributed by atoms with Crippen LogP contribution in [0.3, 0.4) is 0 Å². The molecule has 6 heteroatoms. The molecule has 0 radical (unpaired) electrons. The van der Waals surface area contributed by atoms with Crippen LogP contribution in [0.4, 0.5) is 0 Å². The lowest BCUT2D eigenvalue weighted by atomic mass is 10.1. The molecule has 0 spiro atoms. The van der Waals surface area contributed by atoms with E-state index in [0.717, 1.165) is 6.42 Å². The van der Waals surface area contributed by atoms with Gasteiger partial charge in [-0.15, -0.1) is 0 Å². The van der Waals surface area contributed by atoms with Gasteiger partial charge in [-0.25, -0.2) is 0 Å². The summed E-state index contributed by atoms with van der Waals surface area (Å²) in [6.07, 6.45) is 0.936. The molecule has 1 rings (SSSR count). The fraction of sp³-hybridized carbons (Fsp3) is 0.846. The maximum Gasteiger partial charge on any atom is 0.249 e. The molecule has 0 aromatic carbocycles. The maximum absolute atomic E-state index is 11.9. The second kappa shape index (κ2) is 7.45. The number of nitrogens with two attached hydrogens (primary N) is 1. The average molecular weight is 271 g/mol. The summed E-state index contributed by atoms with van der Waals surface area (Å²) < 4.78 is 5.48. The predicted octanol–water partition coefficient (Wildman–Crippen LogP) is -0.230. The Kier molecular flexibility index (Phi) is 6.24. The van der Waals surface area contributed by atoms with Gasteiger partial charge in [0.25, 0.3) is 0 Å². The molecule has 0 bridgehead atoms. The molecule has 0 aromatic heterocycles. The second-order valence-corrected chi connectivity index (χ2v) is 5.43. The molecule has 0 aliphatic carbocycles. The molecular formula is C13H25N3O3. The Labute approximate surface area is 114 Å². The second-order valence-electron chi connectivity index (χ2n) is 5.43. The van der Waals surface area contributed by atoms with E-state index < -0.39 is 12.1 Å². The van der Waals surface area contributed by atoms with Crippen molar-refractivity contribution in [3.63, 3.8) is 0 Å². The third-order valence-corrected chi connectivity index (χ3v) is 3.10. The molecule has 1 aliphatic heterocycles. The molecule has 110 valence electrons. The lowest BCUT2D eigenvalue weighted by Gasteiger charge is -2.18. The van der Waals surface area contributed by atoms with E-state index in [4.69, 9.17) is 10.5 Å². The first-order valence-electron chi connectivity index (χ1n) is 6.87. The van der Waals surface area contributed by atoms with Crippen LogP contribution in [-0.4, -0.2) is 43.2 Å². The van der Waals surface area contributed by atoms with Crippen molar-refractivity contribution < 1.29 is 14.3 Å². The first-order chi connectivity index (χ1) is 8.93. The van der Waals surface area contributed by atoms with Crippen LogP contribution in [0.15, 0.2) is 0 Å². The van der Waals surface area contributed by atoms with Crippen molar-refractivity contribution in [2.24, 2.45) is 11.7 Å². The summed E-state index contributed by atoms with van der Waals surface area (Å²) in [5, 5.41) is 5.46. The number of carbonyl (C=O) groups is 2. The summed E-state index contributed by atoms with van der Waals surface area (Å²) in [4.78, 5) is 23.6. The molecule has 0 aromatic rings. The zero-order chi connectivity index (χ0) is 14.4. The normalized spacial score (nSPS) is 24.3. The fourth-order valence-electron chi connectivity index (χ4n) is 1.90. The first-order valence-corrected chi connectivity index (χ1v) is 6.87. The van der Waals surface area contributed by atoms with Crippen LogP contribution in [0.1, 0.15) is 33.6 Å². The van der Waals surface area contributed by atoms with Crippen LogP contribution in [0.5, 0.6) is 0 Å². The van der Waals surface area contributed by atoms with E-state index in [0.29, 0.717) is 25.4 Å². The molecule has 19 heavy (non-hydrogen) atoms. The van der Waals surface area contributed by atoms with Gasteiger partial charge in [-0.3, -0.25) is 9.59 Å². The minimum Gasteiger partial charge on any atom is -0.364 e.